The van der Waals surface area contributed by atoms with Crippen LogP contribution in [0.15, 0.2) is 71.6 Å². The highest BCUT2D eigenvalue weighted by Crippen LogP contribution is 2.17. The molecule has 0 aromatic heterocycles. The van der Waals surface area contributed by atoms with E-state index in [1.54, 1.807) is 0 Å². The van der Waals surface area contributed by atoms with Crippen LogP contribution in [0.25, 0.3) is 0 Å². The summed E-state index contributed by atoms with van der Waals surface area (Å²) in [6.45, 7) is 2.58. The summed E-state index contributed by atoms with van der Waals surface area (Å²) < 4.78 is 55.7. The minimum Gasteiger partial charge on any atom is -0.390 e. The van der Waals surface area contributed by atoms with Gasteiger partial charge >= 0.3 is 0 Å². The standard InChI is InChI=1S/C25H27ClF2N2O3S/c1-2-17-4-3-5-18(10-17)15-29-16-25(31)24(13-19-11-21(27)14-22(28)12-19)30-34(32,33)23-8-6-20(26)7-9-23/h3-12,14,24-25,29-31H,2,13,15-16H2,1H3/t24-,25+/m0/s1. The Labute approximate surface area is 203 Å². The molecule has 0 amide bonds. The van der Waals surface area contributed by atoms with Gasteiger partial charge in [-0.25, -0.2) is 21.9 Å². The van der Waals surface area contributed by atoms with Crippen molar-refractivity contribution in [1.29, 1.82) is 0 Å². The van der Waals surface area contributed by atoms with Crippen LogP contribution in [-0.2, 0) is 29.4 Å². The van der Waals surface area contributed by atoms with Crippen LogP contribution in [0.2, 0.25) is 5.02 Å². The zero-order chi connectivity index (χ0) is 24.7. The molecule has 3 aromatic carbocycles. The van der Waals surface area contributed by atoms with Gasteiger partial charge < -0.3 is 10.4 Å². The molecule has 5 nitrogen and oxygen atoms in total. The van der Waals surface area contributed by atoms with Gasteiger partial charge in [-0.3, -0.25) is 0 Å². The van der Waals surface area contributed by atoms with Crippen molar-refractivity contribution < 1.29 is 22.3 Å². The van der Waals surface area contributed by atoms with Gasteiger partial charge in [0.15, 0.2) is 0 Å². The van der Waals surface area contributed by atoms with Crippen molar-refractivity contribution in [2.75, 3.05) is 6.54 Å². The SMILES string of the molecule is CCc1cccc(CNC[C@@H](O)[C@H](Cc2cc(F)cc(F)c2)NS(=O)(=O)c2ccc(Cl)cc2)c1. The van der Waals surface area contributed by atoms with Crippen molar-refractivity contribution in [3.05, 3.63) is 100 Å². The molecular formula is C25H27ClF2N2O3S. The Morgan fingerprint density at radius 1 is 0.941 bits per heavy atom. The minimum atomic E-state index is -4.03. The second-order valence-corrected chi connectivity index (χ2v) is 10.2. The van der Waals surface area contributed by atoms with Crippen molar-refractivity contribution >= 4 is 21.6 Å². The van der Waals surface area contributed by atoms with Crippen LogP contribution in [0.3, 0.4) is 0 Å². The zero-order valence-corrected chi connectivity index (χ0v) is 20.2. The van der Waals surface area contributed by atoms with E-state index in [0.29, 0.717) is 11.6 Å². The third kappa shape index (κ3) is 7.58. The molecular weight excluding hydrogens is 482 g/mol. The molecule has 0 aliphatic carbocycles. The van der Waals surface area contributed by atoms with Gasteiger partial charge in [0.05, 0.1) is 17.0 Å². The lowest BCUT2D eigenvalue weighted by Crippen LogP contribution is -2.48. The van der Waals surface area contributed by atoms with Gasteiger partial charge in [-0.1, -0.05) is 42.8 Å². The van der Waals surface area contributed by atoms with Crippen LogP contribution in [0, 0.1) is 11.6 Å². The molecule has 0 saturated carbocycles. The molecule has 0 bridgehead atoms. The highest BCUT2D eigenvalue weighted by molar-refractivity contribution is 7.89. The zero-order valence-electron chi connectivity index (χ0n) is 18.6. The summed E-state index contributed by atoms with van der Waals surface area (Å²) in [6, 6.07) is 15.5. The highest BCUT2D eigenvalue weighted by Gasteiger charge is 2.26. The first-order valence-corrected chi connectivity index (χ1v) is 12.7. The summed E-state index contributed by atoms with van der Waals surface area (Å²) in [6.07, 6.45) is -0.395. The van der Waals surface area contributed by atoms with E-state index >= 15 is 0 Å². The smallest absolute Gasteiger partial charge is 0.240 e. The number of hydrogen-bond acceptors (Lipinski definition) is 4. The van der Waals surface area contributed by atoms with Crippen LogP contribution in [0.1, 0.15) is 23.6 Å². The Bertz CT molecular complexity index is 1190. The number of nitrogens with one attached hydrogen (secondary N) is 2. The molecule has 0 heterocycles. The molecule has 9 heteroatoms. The van der Waals surface area contributed by atoms with E-state index in [0.717, 1.165) is 30.2 Å². The van der Waals surface area contributed by atoms with E-state index in [2.05, 4.69) is 23.0 Å². The van der Waals surface area contributed by atoms with E-state index in [-0.39, 0.29) is 23.4 Å². The average Bonchev–Trinajstić information content (AvgIpc) is 2.78. The molecule has 0 aliphatic rings. The Morgan fingerprint density at radius 3 is 2.24 bits per heavy atom. The van der Waals surface area contributed by atoms with Gasteiger partial charge in [-0.15, -0.1) is 0 Å². The van der Waals surface area contributed by atoms with Crippen molar-refractivity contribution in [3.63, 3.8) is 0 Å². The fourth-order valence-corrected chi connectivity index (χ4v) is 4.98. The van der Waals surface area contributed by atoms with E-state index < -0.39 is 33.8 Å². The normalized spacial score (nSPS) is 13.6. The number of aryl methyl sites for hydroxylation is 1. The van der Waals surface area contributed by atoms with Gasteiger partial charge in [0, 0.05) is 24.2 Å². The fourth-order valence-electron chi connectivity index (χ4n) is 3.59. The number of aliphatic hydroxyl groups excluding tert-OH is 1. The van der Waals surface area contributed by atoms with Gasteiger partial charge in [0.2, 0.25) is 10.0 Å². The van der Waals surface area contributed by atoms with Crippen molar-refractivity contribution in [1.82, 2.24) is 10.0 Å². The number of aliphatic hydroxyl groups is 1. The second kappa shape index (κ2) is 11.9. The van der Waals surface area contributed by atoms with Gasteiger partial charge in [0.1, 0.15) is 11.6 Å². The molecule has 2 atom stereocenters. The summed E-state index contributed by atoms with van der Waals surface area (Å²) in [5.74, 6) is -1.56. The fraction of sp³-hybridized carbons (Fsp3) is 0.280. The molecule has 182 valence electrons. The van der Waals surface area contributed by atoms with Crippen LogP contribution >= 0.6 is 11.6 Å². The molecule has 0 spiro atoms. The van der Waals surface area contributed by atoms with E-state index in [1.807, 2.05) is 18.2 Å². The van der Waals surface area contributed by atoms with E-state index in [1.165, 1.54) is 29.8 Å². The van der Waals surface area contributed by atoms with Crippen LogP contribution < -0.4 is 10.0 Å². The van der Waals surface area contributed by atoms with Crippen molar-refractivity contribution in [2.24, 2.45) is 0 Å². The minimum absolute atomic E-state index is 0.0381. The summed E-state index contributed by atoms with van der Waals surface area (Å²) in [5, 5.41) is 14.3. The topological polar surface area (TPSA) is 78.4 Å². The maximum atomic E-state index is 13.7. The summed E-state index contributed by atoms with van der Waals surface area (Å²) in [5.41, 5.74) is 2.43. The van der Waals surface area contributed by atoms with E-state index in [4.69, 9.17) is 11.6 Å². The second-order valence-electron chi connectivity index (χ2n) is 8.04. The largest absolute Gasteiger partial charge is 0.390 e. The van der Waals surface area contributed by atoms with Crippen LogP contribution in [0.4, 0.5) is 8.78 Å². The molecule has 0 aliphatic heterocycles. The first kappa shape index (κ1) is 26.2. The summed E-state index contributed by atoms with van der Waals surface area (Å²) in [4.78, 5) is -0.0381. The van der Waals surface area contributed by atoms with Gasteiger partial charge in [0.25, 0.3) is 0 Å². The first-order valence-electron chi connectivity index (χ1n) is 10.9. The van der Waals surface area contributed by atoms with Crippen molar-refractivity contribution in [3.8, 4) is 0 Å². The van der Waals surface area contributed by atoms with Crippen LogP contribution in [0.5, 0.6) is 0 Å². The molecule has 0 fully saturated rings. The molecule has 3 N–H and O–H groups in total. The third-order valence-electron chi connectivity index (χ3n) is 5.36. The molecule has 0 saturated heterocycles. The number of rotatable bonds is 11. The Morgan fingerprint density at radius 2 is 1.59 bits per heavy atom. The number of hydrogen-bond donors (Lipinski definition) is 3. The average molecular weight is 509 g/mol. The van der Waals surface area contributed by atoms with Gasteiger partial charge in [-0.2, -0.15) is 0 Å². The number of sulfonamides is 1. The predicted octanol–water partition coefficient (Wildman–Crippen LogP) is 4.22. The molecule has 3 aromatic rings. The Hall–Kier alpha value is -2.36. The summed E-state index contributed by atoms with van der Waals surface area (Å²) in [7, 11) is -4.03. The third-order valence-corrected chi connectivity index (χ3v) is 7.11. The van der Waals surface area contributed by atoms with Gasteiger partial charge in [-0.05, 0) is 65.9 Å². The maximum Gasteiger partial charge on any atom is 0.240 e. The molecule has 0 radical (unpaired) electrons. The molecule has 34 heavy (non-hydrogen) atoms. The first-order chi connectivity index (χ1) is 16.2. The lowest BCUT2D eigenvalue weighted by Gasteiger charge is -2.25. The lowest BCUT2D eigenvalue weighted by molar-refractivity contribution is 0.134. The quantitative estimate of drug-likeness (QED) is 0.362. The van der Waals surface area contributed by atoms with E-state index in [9.17, 15) is 22.3 Å². The number of benzene rings is 3. The monoisotopic (exact) mass is 508 g/mol. The lowest BCUT2D eigenvalue weighted by atomic mass is 10.0. The molecule has 0 unspecified atom stereocenters. The maximum absolute atomic E-state index is 13.7. The Balaban J connectivity index is 1.76. The molecule has 3 rings (SSSR count). The van der Waals surface area contributed by atoms with Crippen molar-refractivity contribution in [2.45, 2.75) is 43.4 Å². The predicted molar refractivity (Wildman–Crippen MR) is 129 cm³/mol. The Kier molecular flexibility index (Phi) is 9.16. The number of halogens is 3. The summed E-state index contributed by atoms with van der Waals surface area (Å²) >= 11 is 5.85. The van der Waals surface area contributed by atoms with Crippen LogP contribution in [-0.4, -0.2) is 32.2 Å². The highest BCUT2D eigenvalue weighted by atomic mass is 35.5.